The summed E-state index contributed by atoms with van der Waals surface area (Å²) < 4.78 is 19.0. The number of benzene rings is 2. The molecule has 88 valence electrons. The van der Waals surface area contributed by atoms with E-state index in [9.17, 15) is 4.39 Å². The monoisotopic (exact) mass is 296 g/mol. The van der Waals surface area contributed by atoms with Crippen LogP contribution in [-0.4, -0.2) is 0 Å². The van der Waals surface area contributed by atoms with Gasteiger partial charge in [-0.2, -0.15) is 0 Å². The summed E-state index contributed by atoms with van der Waals surface area (Å²) in [6, 6.07) is 9.15. The molecule has 0 aliphatic heterocycles. The smallest absolute Gasteiger partial charge is 0.141 e. The average Bonchev–Trinajstić information content (AvgIpc) is 2.27. The predicted octanol–water partition coefficient (Wildman–Crippen LogP) is 3.54. The Kier molecular flexibility index (Phi) is 3.19. The number of hydrogen-bond donors (Lipinski definition) is 2. The van der Waals surface area contributed by atoms with E-state index >= 15 is 0 Å². The second-order valence-corrected chi connectivity index (χ2v) is 4.32. The fourth-order valence-electron chi connectivity index (χ4n) is 1.30. The number of nitrogen functional groups attached to an aromatic ring is 2. The van der Waals surface area contributed by atoms with E-state index in [-0.39, 0.29) is 5.82 Å². The molecule has 3 nitrogen and oxygen atoms in total. The van der Waals surface area contributed by atoms with Crippen molar-refractivity contribution in [3.8, 4) is 11.5 Å². The Morgan fingerprint density at radius 3 is 2.41 bits per heavy atom. The molecule has 0 amide bonds. The number of ether oxygens (including phenoxy) is 1. The molecule has 0 spiro atoms. The zero-order valence-electron chi connectivity index (χ0n) is 8.78. The summed E-state index contributed by atoms with van der Waals surface area (Å²) in [6.07, 6.45) is 0. The Labute approximate surface area is 106 Å². The van der Waals surface area contributed by atoms with Crippen molar-refractivity contribution in [2.75, 3.05) is 11.5 Å². The highest BCUT2D eigenvalue weighted by Crippen LogP contribution is 2.31. The highest BCUT2D eigenvalue weighted by Gasteiger charge is 2.05. The van der Waals surface area contributed by atoms with E-state index in [0.717, 1.165) is 0 Å². The molecule has 0 aliphatic rings. The third-order valence-electron chi connectivity index (χ3n) is 2.18. The first-order valence-electron chi connectivity index (χ1n) is 4.84. The van der Waals surface area contributed by atoms with Gasteiger partial charge in [0.25, 0.3) is 0 Å². The third-order valence-corrected chi connectivity index (χ3v) is 2.80. The van der Waals surface area contributed by atoms with Crippen molar-refractivity contribution >= 4 is 27.3 Å². The van der Waals surface area contributed by atoms with Crippen molar-refractivity contribution in [3.63, 3.8) is 0 Å². The Morgan fingerprint density at radius 2 is 1.76 bits per heavy atom. The summed E-state index contributed by atoms with van der Waals surface area (Å²) in [6.45, 7) is 0. The Hall–Kier alpha value is -1.75. The summed E-state index contributed by atoms with van der Waals surface area (Å²) in [5, 5.41) is 0. The molecular formula is C12H10BrFN2O. The quantitative estimate of drug-likeness (QED) is 0.833. The van der Waals surface area contributed by atoms with Crippen molar-refractivity contribution in [3.05, 3.63) is 46.7 Å². The zero-order chi connectivity index (χ0) is 12.4. The maximum atomic E-state index is 12.9. The second kappa shape index (κ2) is 4.63. The minimum absolute atomic E-state index is 0.332. The third kappa shape index (κ3) is 2.68. The highest BCUT2D eigenvalue weighted by molar-refractivity contribution is 9.10. The van der Waals surface area contributed by atoms with Gasteiger partial charge in [0, 0.05) is 6.07 Å². The van der Waals surface area contributed by atoms with Gasteiger partial charge in [0.15, 0.2) is 0 Å². The van der Waals surface area contributed by atoms with Crippen molar-refractivity contribution < 1.29 is 9.13 Å². The van der Waals surface area contributed by atoms with Gasteiger partial charge in [-0.15, -0.1) is 0 Å². The van der Waals surface area contributed by atoms with Crippen LogP contribution in [0.5, 0.6) is 11.5 Å². The van der Waals surface area contributed by atoms with Gasteiger partial charge in [-0.3, -0.25) is 0 Å². The van der Waals surface area contributed by atoms with Crippen LogP contribution in [0.15, 0.2) is 40.9 Å². The average molecular weight is 297 g/mol. The number of nitrogens with two attached hydrogens (primary N) is 2. The van der Waals surface area contributed by atoms with Crippen molar-refractivity contribution in [2.45, 2.75) is 0 Å². The second-order valence-electron chi connectivity index (χ2n) is 3.47. The summed E-state index contributed by atoms with van der Waals surface area (Å²) in [4.78, 5) is 0. The molecule has 17 heavy (non-hydrogen) atoms. The van der Waals surface area contributed by atoms with E-state index < -0.39 is 0 Å². The first kappa shape index (κ1) is 11.7. The molecule has 0 fully saturated rings. The molecule has 0 saturated carbocycles. The van der Waals surface area contributed by atoms with E-state index in [1.807, 2.05) is 0 Å². The van der Waals surface area contributed by atoms with E-state index in [0.29, 0.717) is 27.3 Å². The first-order valence-corrected chi connectivity index (χ1v) is 5.63. The van der Waals surface area contributed by atoms with Crippen molar-refractivity contribution in [2.24, 2.45) is 0 Å². The molecule has 0 atom stereocenters. The van der Waals surface area contributed by atoms with Crippen LogP contribution in [0.3, 0.4) is 0 Å². The topological polar surface area (TPSA) is 61.3 Å². The van der Waals surface area contributed by atoms with E-state index in [1.165, 1.54) is 18.2 Å². The maximum Gasteiger partial charge on any atom is 0.141 e. The van der Waals surface area contributed by atoms with Crippen LogP contribution in [0.25, 0.3) is 0 Å². The zero-order valence-corrected chi connectivity index (χ0v) is 10.4. The molecule has 2 aromatic rings. The molecule has 0 saturated heterocycles. The van der Waals surface area contributed by atoms with Gasteiger partial charge < -0.3 is 16.2 Å². The number of anilines is 2. The Balaban J connectivity index is 2.28. The standard InChI is InChI=1S/C12H10BrFN2O/c13-9-5-7(14)1-4-12(9)17-8-2-3-10(15)11(16)6-8/h1-6H,15-16H2. The molecule has 2 rings (SSSR count). The largest absolute Gasteiger partial charge is 0.456 e. The van der Waals surface area contributed by atoms with Crippen LogP contribution in [0.2, 0.25) is 0 Å². The van der Waals surface area contributed by atoms with Gasteiger partial charge in [0.1, 0.15) is 17.3 Å². The summed E-state index contributed by atoms with van der Waals surface area (Å²) in [5.41, 5.74) is 12.2. The van der Waals surface area contributed by atoms with E-state index in [4.69, 9.17) is 16.2 Å². The van der Waals surface area contributed by atoms with Gasteiger partial charge in [-0.1, -0.05) is 0 Å². The van der Waals surface area contributed by atoms with Crippen LogP contribution in [0.1, 0.15) is 0 Å². The Bertz CT molecular complexity index is 560. The molecule has 4 N–H and O–H groups in total. The fourth-order valence-corrected chi connectivity index (χ4v) is 1.73. The summed E-state index contributed by atoms with van der Waals surface area (Å²) in [5.74, 6) is 0.723. The molecule has 5 heteroatoms. The predicted molar refractivity (Wildman–Crippen MR) is 69.4 cm³/mol. The molecular weight excluding hydrogens is 287 g/mol. The first-order chi connectivity index (χ1) is 8.06. The molecule has 0 radical (unpaired) electrons. The maximum absolute atomic E-state index is 12.9. The van der Waals surface area contributed by atoms with Gasteiger partial charge in [-0.25, -0.2) is 4.39 Å². The molecule has 0 aromatic heterocycles. The lowest BCUT2D eigenvalue weighted by atomic mass is 10.2. The SMILES string of the molecule is Nc1ccc(Oc2ccc(F)cc2Br)cc1N. The van der Waals surface area contributed by atoms with Crippen molar-refractivity contribution in [1.29, 1.82) is 0 Å². The minimum atomic E-state index is -0.332. The van der Waals surface area contributed by atoms with Gasteiger partial charge >= 0.3 is 0 Å². The minimum Gasteiger partial charge on any atom is -0.456 e. The van der Waals surface area contributed by atoms with Crippen LogP contribution in [0.4, 0.5) is 15.8 Å². The highest BCUT2D eigenvalue weighted by atomic mass is 79.9. The normalized spacial score (nSPS) is 10.2. The van der Waals surface area contributed by atoms with Gasteiger partial charge in [0.2, 0.25) is 0 Å². The van der Waals surface area contributed by atoms with Crippen LogP contribution >= 0.6 is 15.9 Å². The van der Waals surface area contributed by atoms with Crippen LogP contribution < -0.4 is 16.2 Å². The number of rotatable bonds is 2. The molecule has 0 bridgehead atoms. The van der Waals surface area contributed by atoms with Gasteiger partial charge in [-0.05, 0) is 46.3 Å². The molecule has 0 aliphatic carbocycles. The number of hydrogen-bond acceptors (Lipinski definition) is 3. The summed E-state index contributed by atoms with van der Waals surface area (Å²) >= 11 is 3.22. The fraction of sp³-hybridized carbons (Fsp3) is 0. The lowest BCUT2D eigenvalue weighted by Gasteiger charge is -2.09. The van der Waals surface area contributed by atoms with E-state index in [1.54, 1.807) is 18.2 Å². The van der Waals surface area contributed by atoms with Gasteiger partial charge in [0.05, 0.1) is 15.8 Å². The lowest BCUT2D eigenvalue weighted by molar-refractivity contribution is 0.477. The molecule has 0 heterocycles. The van der Waals surface area contributed by atoms with Crippen molar-refractivity contribution in [1.82, 2.24) is 0 Å². The number of halogens is 2. The van der Waals surface area contributed by atoms with Crippen LogP contribution in [-0.2, 0) is 0 Å². The molecule has 0 unspecified atom stereocenters. The lowest BCUT2D eigenvalue weighted by Crippen LogP contribution is -1.95. The Morgan fingerprint density at radius 1 is 1.00 bits per heavy atom. The van der Waals surface area contributed by atoms with Crippen LogP contribution in [0, 0.1) is 5.82 Å². The molecule has 2 aromatic carbocycles. The van der Waals surface area contributed by atoms with E-state index in [2.05, 4.69) is 15.9 Å². The summed E-state index contributed by atoms with van der Waals surface area (Å²) in [7, 11) is 0.